The summed E-state index contributed by atoms with van der Waals surface area (Å²) in [4.78, 5) is 12.2. The minimum absolute atomic E-state index is 0.0103. The summed E-state index contributed by atoms with van der Waals surface area (Å²) in [6.45, 7) is 2.28. The van der Waals surface area contributed by atoms with Gasteiger partial charge in [0.05, 0.1) is 24.5 Å². The molecule has 1 saturated heterocycles. The molecule has 248 valence electrons. The number of hydrogen-bond acceptors (Lipinski definition) is 8. The van der Waals surface area contributed by atoms with E-state index in [1.807, 2.05) is 103 Å². The lowest BCUT2D eigenvalue weighted by Gasteiger charge is -2.41. The number of alkyl halides is 3. The third kappa shape index (κ3) is 8.03. The number of para-hydroxylation sites is 1. The van der Waals surface area contributed by atoms with Gasteiger partial charge in [-0.2, -0.15) is 4.68 Å². The molecule has 0 saturated carbocycles. The summed E-state index contributed by atoms with van der Waals surface area (Å²) in [5, 5.41) is 25.3. The van der Waals surface area contributed by atoms with E-state index in [1.165, 1.54) is 11.8 Å². The van der Waals surface area contributed by atoms with Gasteiger partial charge in [0.25, 0.3) is 9.70 Å². The molecule has 48 heavy (non-hydrogen) atoms. The summed E-state index contributed by atoms with van der Waals surface area (Å²) in [5.74, 6) is -0.114. The van der Waals surface area contributed by atoms with Gasteiger partial charge in [0, 0.05) is 23.8 Å². The highest BCUT2D eigenvalue weighted by atomic mass is 35.6. The maximum Gasteiger partial charge on any atom is 0.272 e. The number of ether oxygens (including phenoxy) is 2. The van der Waals surface area contributed by atoms with Gasteiger partial charge in [0.2, 0.25) is 5.16 Å². The summed E-state index contributed by atoms with van der Waals surface area (Å²) in [5.41, 5.74) is 6.30. The minimum atomic E-state index is -2.04. The van der Waals surface area contributed by atoms with Gasteiger partial charge < -0.3 is 19.9 Å². The molecule has 2 heterocycles. The van der Waals surface area contributed by atoms with Gasteiger partial charge in [-0.05, 0) is 50.4 Å². The normalized spacial score (nSPS) is 19.6. The van der Waals surface area contributed by atoms with E-state index in [0.717, 1.165) is 39.1 Å². The molecule has 1 amide bonds. The van der Waals surface area contributed by atoms with Crippen LogP contribution in [0.4, 0.5) is 0 Å². The molecule has 4 aromatic carbocycles. The second-order valence-electron chi connectivity index (χ2n) is 11.3. The predicted molar refractivity (Wildman–Crippen MR) is 187 cm³/mol. The lowest BCUT2D eigenvalue weighted by atomic mass is 9.91. The van der Waals surface area contributed by atoms with Crippen molar-refractivity contribution >= 4 is 52.5 Å². The zero-order valence-electron chi connectivity index (χ0n) is 25.7. The van der Waals surface area contributed by atoms with Crippen molar-refractivity contribution in [3.8, 4) is 16.8 Å². The van der Waals surface area contributed by atoms with Crippen LogP contribution in [0.2, 0.25) is 0 Å². The van der Waals surface area contributed by atoms with E-state index < -0.39 is 16.0 Å². The van der Waals surface area contributed by atoms with Crippen LogP contribution < -0.4 is 5.32 Å². The molecule has 1 fully saturated rings. The summed E-state index contributed by atoms with van der Waals surface area (Å²) in [6.07, 6.45) is -1.12. The molecule has 0 spiro atoms. The van der Waals surface area contributed by atoms with E-state index >= 15 is 0 Å². The Hall–Kier alpha value is -3.48. The number of hydrogen-bond donors (Lipinski definition) is 2. The third-order valence-corrected chi connectivity index (χ3v) is 9.67. The van der Waals surface area contributed by atoms with E-state index in [2.05, 4.69) is 27.8 Å². The number of halogens is 3. The number of nitrogens with zero attached hydrogens (tertiary/aromatic N) is 4. The van der Waals surface area contributed by atoms with E-state index in [4.69, 9.17) is 44.3 Å². The van der Waals surface area contributed by atoms with Gasteiger partial charge >= 0.3 is 0 Å². The molecule has 0 aliphatic carbocycles. The van der Waals surface area contributed by atoms with E-state index in [-0.39, 0.29) is 31.3 Å². The molecular formula is C35H32Cl3N5O4S. The Morgan fingerprint density at radius 2 is 1.60 bits per heavy atom. The van der Waals surface area contributed by atoms with Crippen molar-refractivity contribution in [2.45, 2.75) is 47.5 Å². The van der Waals surface area contributed by atoms with Crippen molar-refractivity contribution in [3.63, 3.8) is 0 Å². The van der Waals surface area contributed by atoms with Gasteiger partial charge in [0.1, 0.15) is 0 Å². The first-order chi connectivity index (χ1) is 23.2. The molecule has 1 aliphatic heterocycles. The highest BCUT2D eigenvalue weighted by molar-refractivity contribution is 7.99. The topological polar surface area (TPSA) is 111 Å². The third-order valence-electron chi connectivity index (χ3n) is 8.15. The smallest absolute Gasteiger partial charge is 0.272 e. The van der Waals surface area contributed by atoms with Crippen LogP contribution in [0.15, 0.2) is 108 Å². The number of tetrazole rings is 1. The number of amides is 1. The van der Waals surface area contributed by atoms with Crippen LogP contribution in [0, 0.1) is 5.92 Å². The summed E-state index contributed by atoms with van der Waals surface area (Å²) in [7, 11) is 0. The number of nitrogens with one attached hydrogen (secondary N) is 1. The van der Waals surface area contributed by atoms with Crippen LogP contribution in [0.1, 0.15) is 41.6 Å². The van der Waals surface area contributed by atoms with Crippen LogP contribution in [-0.2, 0) is 27.4 Å². The Morgan fingerprint density at radius 3 is 2.31 bits per heavy atom. The van der Waals surface area contributed by atoms with Crippen molar-refractivity contribution in [1.82, 2.24) is 25.5 Å². The Bertz CT molecular complexity index is 1820. The maximum atomic E-state index is 12.2. The fourth-order valence-electron chi connectivity index (χ4n) is 5.52. The van der Waals surface area contributed by atoms with Crippen molar-refractivity contribution in [2.24, 2.45) is 5.92 Å². The van der Waals surface area contributed by atoms with Crippen LogP contribution in [0.3, 0.4) is 0 Å². The number of carbonyl (C=O) groups is 1. The van der Waals surface area contributed by atoms with Crippen LogP contribution in [0.25, 0.3) is 16.8 Å². The summed E-state index contributed by atoms with van der Waals surface area (Å²) >= 11 is 18.7. The standard InChI is InChI=1S/C35H32Cl3N5O4S/c1-22-30(21-48-34-40-41-42-43(34)28-8-3-2-4-9-28)46-32(47-31(22)25-13-11-23(20-44)12-14-25)26-17-15-24(16-18-26)29-10-6-5-7-27(29)19-39-33(45)35(36,37)38/h2-18,22,30-32,44H,19-21H2,1H3,(H,39,45)/t22-,30+,31+,32+/m0/s1. The van der Waals surface area contributed by atoms with Gasteiger partial charge in [-0.1, -0.05) is 144 Å². The summed E-state index contributed by atoms with van der Waals surface area (Å²) in [6, 6.07) is 33.3. The Balaban J connectivity index is 1.23. The minimum Gasteiger partial charge on any atom is -0.392 e. The second-order valence-corrected chi connectivity index (χ2v) is 14.6. The lowest BCUT2D eigenvalue weighted by Crippen LogP contribution is -2.38. The first kappa shape index (κ1) is 34.4. The highest BCUT2D eigenvalue weighted by Crippen LogP contribution is 2.43. The van der Waals surface area contributed by atoms with Gasteiger partial charge in [-0.3, -0.25) is 4.79 Å². The number of aliphatic hydroxyl groups excluding tert-OH is 1. The van der Waals surface area contributed by atoms with Crippen LogP contribution >= 0.6 is 46.6 Å². The lowest BCUT2D eigenvalue weighted by molar-refractivity contribution is -0.268. The quantitative estimate of drug-likeness (QED) is 0.113. The fourth-order valence-corrected chi connectivity index (χ4v) is 6.77. The zero-order chi connectivity index (χ0) is 33.7. The first-order valence-electron chi connectivity index (χ1n) is 15.2. The number of aromatic nitrogens is 4. The van der Waals surface area contributed by atoms with Gasteiger partial charge in [-0.15, -0.1) is 5.10 Å². The molecule has 1 aliphatic rings. The number of rotatable bonds is 10. The van der Waals surface area contributed by atoms with Crippen molar-refractivity contribution in [3.05, 3.63) is 125 Å². The molecule has 4 atom stereocenters. The SMILES string of the molecule is C[C@H]1[C@@H](CSc2nnnn2-c2ccccc2)O[C@@H](c2ccc(-c3ccccc3CNC(=O)C(Cl)(Cl)Cl)cc2)O[C@H]1c1ccc(CO)cc1. The molecular weight excluding hydrogens is 693 g/mol. The Morgan fingerprint density at radius 1 is 0.917 bits per heavy atom. The molecule has 0 radical (unpaired) electrons. The zero-order valence-corrected chi connectivity index (χ0v) is 28.8. The van der Waals surface area contributed by atoms with E-state index in [9.17, 15) is 9.90 Å². The number of benzene rings is 4. The van der Waals surface area contributed by atoms with Crippen LogP contribution in [0.5, 0.6) is 0 Å². The number of thioether (sulfide) groups is 1. The van der Waals surface area contributed by atoms with E-state index in [0.29, 0.717) is 10.9 Å². The monoisotopic (exact) mass is 723 g/mol. The predicted octanol–water partition coefficient (Wildman–Crippen LogP) is 7.39. The molecule has 6 rings (SSSR count). The molecule has 9 nitrogen and oxygen atoms in total. The Kier molecular flexibility index (Phi) is 11.0. The average molecular weight is 725 g/mol. The number of carbonyl (C=O) groups excluding carboxylic acids is 1. The second kappa shape index (κ2) is 15.4. The van der Waals surface area contributed by atoms with E-state index in [1.54, 1.807) is 4.68 Å². The van der Waals surface area contributed by atoms with Crippen molar-refractivity contribution in [1.29, 1.82) is 0 Å². The molecule has 5 aromatic rings. The van der Waals surface area contributed by atoms with Crippen molar-refractivity contribution in [2.75, 3.05) is 5.75 Å². The van der Waals surface area contributed by atoms with Gasteiger partial charge in [-0.25, -0.2) is 0 Å². The largest absolute Gasteiger partial charge is 0.392 e. The van der Waals surface area contributed by atoms with Gasteiger partial charge in [0.15, 0.2) is 6.29 Å². The molecule has 0 bridgehead atoms. The molecule has 2 N–H and O–H groups in total. The molecule has 1 aromatic heterocycles. The first-order valence-corrected chi connectivity index (χ1v) is 17.3. The summed E-state index contributed by atoms with van der Waals surface area (Å²) < 4.78 is 13.0. The number of aliphatic hydroxyl groups is 1. The Labute approximate surface area is 297 Å². The average Bonchev–Trinajstić information content (AvgIpc) is 3.59. The molecule has 0 unspecified atom stereocenters. The van der Waals surface area contributed by atoms with Crippen molar-refractivity contribution < 1.29 is 19.4 Å². The fraction of sp³-hybridized carbons (Fsp3) is 0.257. The maximum absolute atomic E-state index is 12.2. The molecule has 13 heteroatoms. The highest BCUT2D eigenvalue weighted by Gasteiger charge is 2.38. The van der Waals surface area contributed by atoms with Crippen LogP contribution in [-0.4, -0.2) is 46.9 Å².